The van der Waals surface area contributed by atoms with E-state index >= 15 is 0 Å². The van der Waals surface area contributed by atoms with E-state index in [0.29, 0.717) is 45.9 Å². The first-order valence-corrected chi connectivity index (χ1v) is 11.8. The van der Waals surface area contributed by atoms with E-state index in [1.165, 1.54) is 11.3 Å². The molecule has 1 aromatic carbocycles. The number of piperidine rings is 1. The van der Waals surface area contributed by atoms with Crippen LogP contribution in [0.25, 0.3) is 0 Å². The molecule has 0 spiro atoms. The van der Waals surface area contributed by atoms with Crippen LogP contribution in [0.15, 0.2) is 39.9 Å². The Hall–Kier alpha value is -1.32. The second-order valence-electron chi connectivity index (χ2n) is 6.49. The molecule has 0 bridgehead atoms. The Labute approximate surface area is 178 Å². The molecule has 1 amide bonds. The molecular weight excluding hydrogens is 443 g/mol. The lowest BCUT2D eigenvalue weighted by atomic mass is 10.1. The summed E-state index contributed by atoms with van der Waals surface area (Å²) in [6, 6.07) is 7.91. The van der Waals surface area contributed by atoms with E-state index in [2.05, 4.69) is 4.72 Å². The van der Waals surface area contributed by atoms with Gasteiger partial charge in [-0.2, -0.15) is 0 Å². The highest BCUT2D eigenvalue weighted by atomic mass is 35.5. The maximum atomic E-state index is 12.7. The Morgan fingerprint density at radius 3 is 2.61 bits per heavy atom. The van der Waals surface area contributed by atoms with Gasteiger partial charge in [0.25, 0.3) is 5.91 Å². The summed E-state index contributed by atoms with van der Waals surface area (Å²) >= 11 is 13.1. The van der Waals surface area contributed by atoms with Crippen LogP contribution in [-0.4, -0.2) is 44.5 Å². The van der Waals surface area contributed by atoms with Gasteiger partial charge in [-0.3, -0.25) is 4.79 Å². The van der Waals surface area contributed by atoms with E-state index in [1.807, 2.05) is 0 Å². The minimum Gasteiger partial charge on any atom is -0.479 e. The normalized spacial score (nSPS) is 16.8. The molecule has 2 aromatic rings. The summed E-state index contributed by atoms with van der Waals surface area (Å²) in [6.07, 6.45) is 0.383. The lowest BCUT2D eigenvalue weighted by Crippen LogP contribution is -2.49. The van der Waals surface area contributed by atoms with Crippen molar-refractivity contribution in [2.75, 3.05) is 13.1 Å². The molecule has 152 valence electrons. The number of nitrogens with one attached hydrogen (secondary N) is 1. The van der Waals surface area contributed by atoms with Crippen LogP contribution in [0.1, 0.15) is 19.8 Å². The van der Waals surface area contributed by atoms with Crippen molar-refractivity contribution in [3.63, 3.8) is 0 Å². The minimum absolute atomic E-state index is 0.161. The monoisotopic (exact) mass is 462 g/mol. The van der Waals surface area contributed by atoms with Gasteiger partial charge in [0.2, 0.25) is 10.0 Å². The molecule has 1 fully saturated rings. The summed E-state index contributed by atoms with van der Waals surface area (Å²) in [5, 5.41) is 2.56. The lowest BCUT2D eigenvalue weighted by molar-refractivity contribution is -0.139. The fourth-order valence-electron chi connectivity index (χ4n) is 2.98. The highest BCUT2D eigenvalue weighted by Gasteiger charge is 2.29. The second kappa shape index (κ2) is 9.00. The number of nitrogens with zero attached hydrogens (tertiary/aromatic N) is 1. The lowest BCUT2D eigenvalue weighted by Gasteiger charge is -2.33. The zero-order valence-electron chi connectivity index (χ0n) is 15.1. The first kappa shape index (κ1) is 21.4. The standard InChI is InChI=1S/C18H20Cl2N2O4S2/c1-12(26-16-5-4-13(19)11-15(16)20)18(23)22-8-6-14(7-9-22)21-28(24,25)17-3-2-10-27-17/h2-5,10-12,14,21H,6-9H2,1H3/t12-/m1/s1. The van der Waals surface area contributed by atoms with E-state index in [1.54, 1.807) is 47.5 Å². The summed E-state index contributed by atoms with van der Waals surface area (Å²) in [5.41, 5.74) is 0. The van der Waals surface area contributed by atoms with Crippen molar-refractivity contribution in [2.24, 2.45) is 0 Å². The van der Waals surface area contributed by atoms with E-state index < -0.39 is 16.1 Å². The first-order chi connectivity index (χ1) is 13.3. The van der Waals surface area contributed by atoms with Crippen molar-refractivity contribution in [3.05, 3.63) is 45.8 Å². The fourth-order valence-corrected chi connectivity index (χ4v) is 5.75. The average Bonchev–Trinajstić information content (AvgIpc) is 3.19. The smallest absolute Gasteiger partial charge is 0.263 e. The third-order valence-electron chi connectivity index (χ3n) is 4.43. The number of rotatable bonds is 6. The van der Waals surface area contributed by atoms with E-state index in [-0.39, 0.29) is 11.9 Å². The minimum atomic E-state index is -3.50. The zero-order valence-corrected chi connectivity index (χ0v) is 18.2. The average molecular weight is 463 g/mol. The van der Waals surface area contributed by atoms with Crippen molar-refractivity contribution >= 4 is 50.5 Å². The van der Waals surface area contributed by atoms with Crippen molar-refractivity contribution in [2.45, 2.75) is 36.1 Å². The molecule has 1 atom stereocenters. The second-order valence-corrected chi connectivity index (χ2v) is 10.2. The molecule has 1 N–H and O–H groups in total. The van der Waals surface area contributed by atoms with Crippen LogP contribution in [0.3, 0.4) is 0 Å². The van der Waals surface area contributed by atoms with Crippen LogP contribution in [-0.2, 0) is 14.8 Å². The zero-order chi connectivity index (χ0) is 20.3. The van der Waals surface area contributed by atoms with Crippen LogP contribution in [0, 0.1) is 0 Å². The molecule has 0 saturated carbocycles. The SMILES string of the molecule is C[C@@H](Oc1ccc(Cl)cc1Cl)C(=O)N1CCC(NS(=O)(=O)c2cccs2)CC1. The maximum Gasteiger partial charge on any atom is 0.263 e. The van der Waals surface area contributed by atoms with Gasteiger partial charge in [0.05, 0.1) is 5.02 Å². The Morgan fingerprint density at radius 2 is 2.00 bits per heavy atom. The highest BCUT2D eigenvalue weighted by Crippen LogP contribution is 2.28. The molecule has 28 heavy (non-hydrogen) atoms. The third kappa shape index (κ3) is 5.18. The molecule has 0 unspecified atom stereocenters. The summed E-state index contributed by atoms with van der Waals surface area (Å²) in [4.78, 5) is 14.3. The molecule has 0 aliphatic carbocycles. The number of carbonyl (C=O) groups is 1. The van der Waals surface area contributed by atoms with Gasteiger partial charge in [0.15, 0.2) is 6.10 Å². The molecule has 1 aliphatic rings. The first-order valence-electron chi connectivity index (χ1n) is 8.72. The molecule has 1 saturated heterocycles. The van der Waals surface area contributed by atoms with Crippen LogP contribution in [0.4, 0.5) is 0 Å². The Morgan fingerprint density at radius 1 is 1.29 bits per heavy atom. The van der Waals surface area contributed by atoms with Crippen LogP contribution in [0.5, 0.6) is 5.75 Å². The van der Waals surface area contributed by atoms with Gasteiger partial charge in [-0.15, -0.1) is 11.3 Å². The van der Waals surface area contributed by atoms with Crippen LogP contribution >= 0.6 is 34.5 Å². The van der Waals surface area contributed by atoms with Gasteiger partial charge < -0.3 is 9.64 Å². The van der Waals surface area contributed by atoms with Gasteiger partial charge in [-0.05, 0) is 49.4 Å². The quantitative estimate of drug-likeness (QED) is 0.708. The van der Waals surface area contributed by atoms with Crippen molar-refractivity contribution in [1.82, 2.24) is 9.62 Å². The van der Waals surface area contributed by atoms with Crippen molar-refractivity contribution in [1.29, 1.82) is 0 Å². The van der Waals surface area contributed by atoms with Gasteiger partial charge in [-0.25, -0.2) is 13.1 Å². The van der Waals surface area contributed by atoms with Crippen LogP contribution < -0.4 is 9.46 Å². The fraction of sp³-hybridized carbons (Fsp3) is 0.389. The number of ether oxygens (including phenoxy) is 1. The Balaban J connectivity index is 1.53. The predicted molar refractivity (Wildman–Crippen MR) is 111 cm³/mol. The van der Waals surface area contributed by atoms with Crippen molar-refractivity contribution in [3.8, 4) is 5.75 Å². The number of amides is 1. The number of likely N-dealkylation sites (tertiary alicyclic amines) is 1. The number of sulfonamides is 1. The maximum absolute atomic E-state index is 12.7. The number of hydrogen-bond donors (Lipinski definition) is 1. The number of thiophene rings is 1. The van der Waals surface area contributed by atoms with Crippen molar-refractivity contribution < 1.29 is 17.9 Å². The predicted octanol–water partition coefficient (Wildman–Crippen LogP) is 3.79. The van der Waals surface area contributed by atoms with E-state index in [4.69, 9.17) is 27.9 Å². The van der Waals surface area contributed by atoms with E-state index in [0.717, 1.165) is 0 Å². The number of halogens is 2. The van der Waals surface area contributed by atoms with Gasteiger partial charge in [0.1, 0.15) is 9.96 Å². The summed E-state index contributed by atoms with van der Waals surface area (Å²) in [5.74, 6) is 0.232. The number of carbonyl (C=O) groups excluding carboxylic acids is 1. The van der Waals surface area contributed by atoms with E-state index in [9.17, 15) is 13.2 Å². The Bertz CT molecular complexity index is 927. The molecule has 2 heterocycles. The van der Waals surface area contributed by atoms with Gasteiger partial charge in [-0.1, -0.05) is 29.3 Å². The molecule has 10 heteroatoms. The van der Waals surface area contributed by atoms with Crippen LogP contribution in [0.2, 0.25) is 10.0 Å². The Kier molecular flexibility index (Phi) is 6.88. The van der Waals surface area contributed by atoms with Gasteiger partial charge >= 0.3 is 0 Å². The molecule has 6 nitrogen and oxygen atoms in total. The highest BCUT2D eigenvalue weighted by molar-refractivity contribution is 7.91. The summed E-state index contributed by atoms with van der Waals surface area (Å²) in [7, 11) is -3.50. The summed E-state index contributed by atoms with van der Waals surface area (Å²) in [6.45, 7) is 2.58. The molecular formula is C18H20Cl2N2O4S2. The molecule has 0 radical (unpaired) electrons. The topological polar surface area (TPSA) is 75.7 Å². The third-order valence-corrected chi connectivity index (χ3v) is 7.88. The van der Waals surface area contributed by atoms with Gasteiger partial charge in [0, 0.05) is 24.2 Å². The largest absolute Gasteiger partial charge is 0.479 e. The number of benzene rings is 1. The number of hydrogen-bond acceptors (Lipinski definition) is 5. The molecule has 1 aliphatic heterocycles. The summed E-state index contributed by atoms with van der Waals surface area (Å²) < 4.78 is 33.3. The molecule has 1 aromatic heterocycles. The molecule has 3 rings (SSSR count).